The summed E-state index contributed by atoms with van der Waals surface area (Å²) < 4.78 is 89.9. The molecule has 2 aromatic rings. The molecule has 2 aliphatic rings. The Balaban J connectivity index is 1.46. The van der Waals surface area contributed by atoms with Gasteiger partial charge in [0, 0.05) is 38.7 Å². The molecule has 4 rings (SSSR count). The van der Waals surface area contributed by atoms with Crippen molar-refractivity contribution in [3.63, 3.8) is 0 Å². The first kappa shape index (κ1) is 29.3. The quantitative estimate of drug-likeness (QED) is 0.343. The number of alkyl halides is 6. The third-order valence-corrected chi connectivity index (χ3v) is 7.26. The van der Waals surface area contributed by atoms with Gasteiger partial charge in [-0.25, -0.2) is 0 Å². The highest BCUT2D eigenvalue weighted by Gasteiger charge is 2.38. The number of carbonyl (C=O) groups is 2. The summed E-state index contributed by atoms with van der Waals surface area (Å²) in [5.41, 5.74) is -2.81. The van der Waals surface area contributed by atoms with Gasteiger partial charge in [0.1, 0.15) is 6.61 Å². The summed E-state index contributed by atoms with van der Waals surface area (Å²) in [6.45, 7) is 2.98. The van der Waals surface area contributed by atoms with Crippen LogP contribution >= 0.6 is 11.8 Å². The average molecular weight is 588 g/mol. The van der Waals surface area contributed by atoms with Crippen molar-refractivity contribution >= 4 is 34.8 Å². The molecule has 0 bridgehead atoms. The Kier molecular flexibility index (Phi) is 8.38. The summed E-state index contributed by atoms with van der Waals surface area (Å²) in [6, 6.07) is 5.85. The Morgan fingerprint density at radius 2 is 1.70 bits per heavy atom. The van der Waals surface area contributed by atoms with Crippen molar-refractivity contribution in [2.45, 2.75) is 25.9 Å². The molecule has 7 nitrogen and oxygen atoms in total. The number of aliphatic imine (C=N–C) groups is 1. The molecule has 2 heterocycles. The third-order valence-electron chi connectivity index (χ3n) is 6.22. The average Bonchev–Trinajstić information content (AvgIpc) is 3.26. The molecule has 0 aromatic heterocycles. The summed E-state index contributed by atoms with van der Waals surface area (Å²) in [5, 5.41) is 0.531. The van der Waals surface area contributed by atoms with E-state index in [9.17, 15) is 35.9 Å². The van der Waals surface area contributed by atoms with Gasteiger partial charge >= 0.3 is 12.4 Å². The molecule has 2 aliphatic heterocycles. The number of nitrogens with zero attached hydrogens (tertiary/aromatic N) is 3. The summed E-state index contributed by atoms with van der Waals surface area (Å²) in [5.74, 6) is -0.246. The Bertz CT molecular complexity index is 1370. The van der Waals surface area contributed by atoms with Crippen LogP contribution in [0.15, 0.2) is 46.3 Å². The van der Waals surface area contributed by atoms with Crippen LogP contribution < -0.4 is 9.47 Å². The molecular formula is C26H23F6N3O4S. The van der Waals surface area contributed by atoms with Gasteiger partial charge in [-0.3, -0.25) is 9.59 Å². The van der Waals surface area contributed by atoms with E-state index >= 15 is 0 Å². The molecule has 2 aromatic carbocycles. The third kappa shape index (κ3) is 6.72. The smallest absolute Gasteiger partial charge is 0.416 e. The molecular weight excluding hydrogens is 564 g/mol. The van der Waals surface area contributed by atoms with E-state index in [0.29, 0.717) is 47.9 Å². The van der Waals surface area contributed by atoms with Crippen LogP contribution in [0, 0.1) is 0 Å². The second-order valence-electron chi connectivity index (χ2n) is 8.87. The molecule has 0 aliphatic carbocycles. The van der Waals surface area contributed by atoms with Gasteiger partial charge in [-0.15, -0.1) is 0 Å². The van der Waals surface area contributed by atoms with E-state index in [-0.39, 0.29) is 23.5 Å². The minimum Gasteiger partial charge on any atom is -0.493 e. The maximum absolute atomic E-state index is 13.4. The van der Waals surface area contributed by atoms with E-state index in [1.54, 1.807) is 17.0 Å². The van der Waals surface area contributed by atoms with Crippen LogP contribution in [0.2, 0.25) is 0 Å². The standard InChI is InChI=1S/C26H23F6N3O4S/c1-15(36)34-7-9-35(10-8-34)24-33-23(37)22(40-24)12-16-3-6-20(21(11-16)38-2)39-14-17-4-5-18(25(27,28)29)13-19(17)26(30,31)32/h3-6,11-13H,7-10,14H2,1-2H3. The molecule has 0 spiro atoms. The number of halogens is 6. The van der Waals surface area contributed by atoms with Crippen molar-refractivity contribution in [2.75, 3.05) is 33.3 Å². The van der Waals surface area contributed by atoms with Crippen molar-refractivity contribution in [2.24, 2.45) is 4.99 Å². The molecule has 0 unspecified atom stereocenters. The number of hydrogen-bond donors (Lipinski definition) is 0. The Labute approximate surface area is 229 Å². The topological polar surface area (TPSA) is 71.4 Å². The van der Waals surface area contributed by atoms with Crippen LogP contribution in [0.4, 0.5) is 26.3 Å². The lowest BCUT2D eigenvalue weighted by Gasteiger charge is -2.34. The van der Waals surface area contributed by atoms with Crippen LogP contribution in [-0.4, -0.2) is 60.1 Å². The fourth-order valence-corrected chi connectivity index (χ4v) is 5.05. The van der Waals surface area contributed by atoms with Crippen LogP contribution in [0.3, 0.4) is 0 Å². The van der Waals surface area contributed by atoms with E-state index in [1.165, 1.54) is 37.9 Å². The van der Waals surface area contributed by atoms with Crippen molar-refractivity contribution < 1.29 is 45.4 Å². The zero-order valence-electron chi connectivity index (χ0n) is 21.2. The highest BCUT2D eigenvalue weighted by Crippen LogP contribution is 2.39. The lowest BCUT2D eigenvalue weighted by Crippen LogP contribution is -2.49. The lowest BCUT2D eigenvalue weighted by atomic mass is 10.0. The molecule has 40 heavy (non-hydrogen) atoms. The summed E-state index contributed by atoms with van der Waals surface area (Å²) >= 11 is 1.19. The second kappa shape index (κ2) is 11.4. The largest absolute Gasteiger partial charge is 0.493 e. The predicted molar refractivity (Wildman–Crippen MR) is 136 cm³/mol. The van der Waals surface area contributed by atoms with E-state index in [4.69, 9.17) is 9.47 Å². The van der Waals surface area contributed by atoms with Crippen LogP contribution in [0.5, 0.6) is 11.5 Å². The summed E-state index contributed by atoms with van der Waals surface area (Å²) in [6.07, 6.45) is -8.37. The predicted octanol–water partition coefficient (Wildman–Crippen LogP) is 5.45. The zero-order chi connectivity index (χ0) is 29.2. The number of piperazine rings is 1. The molecule has 0 N–H and O–H groups in total. The first-order chi connectivity index (χ1) is 18.8. The van der Waals surface area contributed by atoms with Crippen molar-refractivity contribution in [1.29, 1.82) is 0 Å². The lowest BCUT2D eigenvalue weighted by molar-refractivity contribution is -0.143. The molecule has 2 amide bonds. The number of amidine groups is 1. The van der Waals surface area contributed by atoms with Crippen LogP contribution in [0.25, 0.3) is 6.08 Å². The number of ether oxygens (including phenoxy) is 2. The number of hydrogen-bond acceptors (Lipinski definition) is 6. The Morgan fingerprint density at radius 3 is 2.30 bits per heavy atom. The highest BCUT2D eigenvalue weighted by molar-refractivity contribution is 8.18. The molecule has 0 atom stereocenters. The number of benzene rings is 2. The summed E-state index contributed by atoms with van der Waals surface area (Å²) in [7, 11) is 1.32. The van der Waals surface area contributed by atoms with E-state index < -0.39 is 41.6 Å². The maximum atomic E-state index is 13.4. The Morgan fingerprint density at radius 1 is 1.00 bits per heavy atom. The van der Waals surface area contributed by atoms with Gasteiger partial charge in [-0.1, -0.05) is 12.1 Å². The molecule has 0 saturated carbocycles. The maximum Gasteiger partial charge on any atom is 0.416 e. The molecule has 14 heteroatoms. The van der Waals surface area contributed by atoms with Crippen molar-refractivity contribution in [3.05, 3.63) is 63.6 Å². The molecule has 214 valence electrons. The normalized spacial score (nSPS) is 17.4. The van der Waals surface area contributed by atoms with Crippen LogP contribution in [0.1, 0.15) is 29.2 Å². The molecule has 1 saturated heterocycles. The SMILES string of the molecule is COc1cc(C=C2SC(N3CCN(C(C)=O)CC3)=NC2=O)ccc1OCc1ccc(C(F)(F)F)cc1C(F)(F)F. The minimum atomic E-state index is -5.02. The number of rotatable bonds is 5. The fraction of sp³-hybridized carbons (Fsp3) is 0.346. The van der Waals surface area contributed by atoms with Gasteiger partial charge in [-0.2, -0.15) is 31.3 Å². The highest BCUT2D eigenvalue weighted by atomic mass is 32.2. The van der Waals surface area contributed by atoms with Gasteiger partial charge in [0.05, 0.1) is 23.1 Å². The van der Waals surface area contributed by atoms with Gasteiger partial charge in [0.25, 0.3) is 5.91 Å². The van der Waals surface area contributed by atoms with Gasteiger partial charge in [0.15, 0.2) is 16.7 Å². The van der Waals surface area contributed by atoms with Crippen molar-refractivity contribution in [3.8, 4) is 11.5 Å². The summed E-state index contributed by atoms with van der Waals surface area (Å²) in [4.78, 5) is 32.1. The number of thioether (sulfide) groups is 1. The van der Waals surface area contributed by atoms with Crippen LogP contribution in [-0.2, 0) is 28.5 Å². The monoisotopic (exact) mass is 587 g/mol. The van der Waals surface area contributed by atoms with E-state index in [1.807, 2.05) is 4.90 Å². The number of amides is 2. The number of carbonyl (C=O) groups excluding carboxylic acids is 2. The first-order valence-electron chi connectivity index (χ1n) is 11.9. The van der Waals surface area contributed by atoms with Gasteiger partial charge in [0.2, 0.25) is 5.91 Å². The van der Waals surface area contributed by atoms with E-state index in [2.05, 4.69) is 4.99 Å². The van der Waals surface area contributed by atoms with E-state index in [0.717, 1.165) is 6.07 Å². The minimum absolute atomic E-state index is 0.0150. The number of methoxy groups -OCH3 is 1. The first-order valence-corrected chi connectivity index (χ1v) is 12.7. The second-order valence-corrected chi connectivity index (χ2v) is 9.88. The fourth-order valence-electron chi connectivity index (χ4n) is 4.09. The van der Waals surface area contributed by atoms with Gasteiger partial charge < -0.3 is 19.3 Å². The zero-order valence-corrected chi connectivity index (χ0v) is 22.0. The molecule has 0 radical (unpaired) electrons. The Hall–Kier alpha value is -3.68. The van der Waals surface area contributed by atoms with Gasteiger partial charge in [-0.05, 0) is 47.7 Å². The van der Waals surface area contributed by atoms with Crippen molar-refractivity contribution in [1.82, 2.24) is 9.80 Å². The molecule has 1 fully saturated rings.